The zero-order chi connectivity index (χ0) is 14.6. The first-order chi connectivity index (χ1) is 9.46. The van der Waals surface area contributed by atoms with Crippen molar-refractivity contribution < 1.29 is 9.53 Å². The maximum Gasteiger partial charge on any atom is 0.410 e. The highest BCUT2D eigenvalue weighted by molar-refractivity contribution is 5.68. The maximum absolute atomic E-state index is 12.3. The molecule has 110 valence electrons. The summed E-state index contributed by atoms with van der Waals surface area (Å²) in [6.45, 7) is 7.85. The second kappa shape index (κ2) is 6.17. The van der Waals surface area contributed by atoms with Crippen LogP contribution in [0.15, 0.2) is 18.6 Å². The van der Waals surface area contributed by atoms with Crippen molar-refractivity contribution in [3.8, 4) is 0 Å². The molecule has 1 atom stereocenters. The van der Waals surface area contributed by atoms with Gasteiger partial charge in [-0.1, -0.05) is 0 Å². The van der Waals surface area contributed by atoms with E-state index in [0.717, 1.165) is 18.8 Å². The fourth-order valence-electron chi connectivity index (χ4n) is 2.18. The van der Waals surface area contributed by atoms with E-state index in [1.807, 2.05) is 26.8 Å². The molecule has 0 aliphatic carbocycles. The molecule has 0 radical (unpaired) electrons. The Labute approximate surface area is 119 Å². The molecule has 1 fully saturated rings. The molecule has 1 unspecified atom stereocenters. The number of hydrogen-bond donors (Lipinski definition) is 1. The number of carbonyl (C=O) groups excluding carboxylic acids is 1. The van der Waals surface area contributed by atoms with Gasteiger partial charge in [0.25, 0.3) is 0 Å². The highest BCUT2D eigenvalue weighted by Gasteiger charge is 2.30. The van der Waals surface area contributed by atoms with Gasteiger partial charge in [0.15, 0.2) is 0 Å². The van der Waals surface area contributed by atoms with Crippen LogP contribution in [0.1, 0.15) is 26.5 Å². The molecule has 1 aliphatic rings. The van der Waals surface area contributed by atoms with Crippen LogP contribution in [0, 0.1) is 0 Å². The van der Waals surface area contributed by atoms with Crippen molar-refractivity contribution in [3.05, 3.63) is 24.3 Å². The van der Waals surface area contributed by atoms with E-state index < -0.39 is 5.60 Å². The second-order valence-corrected chi connectivity index (χ2v) is 5.94. The third-order valence-corrected chi connectivity index (χ3v) is 3.07. The minimum atomic E-state index is -0.471. The van der Waals surface area contributed by atoms with Crippen LogP contribution in [0.2, 0.25) is 0 Å². The van der Waals surface area contributed by atoms with Crippen molar-refractivity contribution in [2.75, 3.05) is 19.6 Å². The van der Waals surface area contributed by atoms with Gasteiger partial charge >= 0.3 is 6.09 Å². The number of carbonyl (C=O) groups is 1. The Balaban J connectivity index is 2.03. The Kier molecular flexibility index (Phi) is 4.54. The lowest BCUT2D eigenvalue weighted by Crippen LogP contribution is -2.55. The van der Waals surface area contributed by atoms with E-state index in [4.69, 9.17) is 4.74 Å². The van der Waals surface area contributed by atoms with Crippen molar-refractivity contribution >= 4 is 6.09 Å². The third-order valence-electron chi connectivity index (χ3n) is 3.07. The number of amides is 1. The van der Waals surface area contributed by atoms with Crippen LogP contribution in [0.4, 0.5) is 4.79 Å². The van der Waals surface area contributed by atoms with E-state index in [1.54, 1.807) is 11.1 Å². The molecule has 1 aromatic rings. The summed E-state index contributed by atoms with van der Waals surface area (Å²) in [5, 5.41) is 3.31. The molecule has 6 heteroatoms. The van der Waals surface area contributed by atoms with Crippen molar-refractivity contribution in [2.45, 2.75) is 38.8 Å². The Bertz CT molecular complexity index is 444. The van der Waals surface area contributed by atoms with Crippen LogP contribution in [0.5, 0.6) is 0 Å². The van der Waals surface area contributed by atoms with Gasteiger partial charge in [-0.2, -0.15) is 0 Å². The molecular formula is C14H22N4O2. The number of aromatic nitrogens is 2. The summed E-state index contributed by atoms with van der Waals surface area (Å²) >= 11 is 0. The zero-order valence-electron chi connectivity index (χ0n) is 12.3. The molecule has 0 aromatic carbocycles. The lowest BCUT2D eigenvalue weighted by molar-refractivity contribution is 0.0121. The standard InChI is InChI=1S/C14H22N4O2/c1-14(2,3)20-13(19)18-7-6-15-9-12(18)8-11-4-5-16-10-17-11/h4-5,10,12,15H,6-9H2,1-3H3. The second-order valence-electron chi connectivity index (χ2n) is 5.94. The van der Waals surface area contributed by atoms with Crippen LogP contribution in [0.25, 0.3) is 0 Å². The normalized spacial score (nSPS) is 19.8. The lowest BCUT2D eigenvalue weighted by Gasteiger charge is -2.37. The van der Waals surface area contributed by atoms with Gasteiger partial charge in [-0.15, -0.1) is 0 Å². The predicted octanol–water partition coefficient (Wildman–Crippen LogP) is 1.23. The van der Waals surface area contributed by atoms with Gasteiger partial charge in [-0.3, -0.25) is 0 Å². The first-order valence-corrected chi connectivity index (χ1v) is 6.91. The highest BCUT2D eigenvalue weighted by Crippen LogP contribution is 2.15. The molecule has 1 N–H and O–H groups in total. The van der Waals surface area contributed by atoms with Crippen LogP contribution >= 0.6 is 0 Å². The van der Waals surface area contributed by atoms with Crippen LogP contribution in [-0.2, 0) is 11.2 Å². The van der Waals surface area contributed by atoms with Crippen LogP contribution in [0.3, 0.4) is 0 Å². The Morgan fingerprint density at radius 1 is 1.55 bits per heavy atom. The fraction of sp³-hybridized carbons (Fsp3) is 0.643. The van der Waals surface area contributed by atoms with Crippen molar-refractivity contribution in [1.29, 1.82) is 0 Å². The van der Waals surface area contributed by atoms with Crippen LogP contribution < -0.4 is 5.32 Å². The number of nitrogens with zero attached hydrogens (tertiary/aromatic N) is 3. The van der Waals surface area contributed by atoms with Crippen LogP contribution in [-0.4, -0.2) is 52.2 Å². The molecule has 1 aromatic heterocycles. The molecule has 0 saturated carbocycles. The first kappa shape index (κ1) is 14.7. The minimum absolute atomic E-state index is 0.0634. The largest absolute Gasteiger partial charge is 0.444 e. The molecule has 1 saturated heterocycles. The number of hydrogen-bond acceptors (Lipinski definition) is 5. The van der Waals surface area contributed by atoms with E-state index in [1.165, 1.54) is 6.33 Å². The quantitative estimate of drug-likeness (QED) is 0.881. The molecular weight excluding hydrogens is 256 g/mol. The molecule has 6 nitrogen and oxygen atoms in total. The molecule has 2 heterocycles. The van der Waals surface area contributed by atoms with Crippen molar-refractivity contribution in [2.24, 2.45) is 0 Å². The van der Waals surface area contributed by atoms with Gasteiger partial charge in [0, 0.05) is 37.9 Å². The number of ether oxygens (including phenoxy) is 1. The highest BCUT2D eigenvalue weighted by atomic mass is 16.6. The van der Waals surface area contributed by atoms with E-state index >= 15 is 0 Å². The van der Waals surface area contributed by atoms with Crippen molar-refractivity contribution in [1.82, 2.24) is 20.2 Å². The monoisotopic (exact) mass is 278 g/mol. The topological polar surface area (TPSA) is 67.3 Å². The average Bonchev–Trinajstić information content (AvgIpc) is 2.38. The summed E-state index contributed by atoms with van der Waals surface area (Å²) in [7, 11) is 0. The van der Waals surface area contributed by atoms with Gasteiger partial charge in [-0.05, 0) is 26.8 Å². The SMILES string of the molecule is CC(C)(C)OC(=O)N1CCNCC1Cc1ccncn1. The number of rotatable bonds is 2. The summed E-state index contributed by atoms with van der Waals surface area (Å²) in [6.07, 6.45) is 3.70. The smallest absolute Gasteiger partial charge is 0.410 e. The van der Waals surface area contributed by atoms with E-state index in [-0.39, 0.29) is 12.1 Å². The summed E-state index contributed by atoms with van der Waals surface area (Å²) in [4.78, 5) is 22.2. The van der Waals surface area contributed by atoms with Gasteiger partial charge in [0.05, 0.1) is 6.04 Å². The summed E-state index contributed by atoms with van der Waals surface area (Å²) < 4.78 is 5.47. The van der Waals surface area contributed by atoms with Gasteiger partial charge in [0.2, 0.25) is 0 Å². The van der Waals surface area contributed by atoms with Gasteiger partial charge in [0.1, 0.15) is 11.9 Å². The Morgan fingerprint density at radius 2 is 2.35 bits per heavy atom. The first-order valence-electron chi connectivity index (χ1n) is 6.91. The van der Waals surface area contributed by atoms with Gasteiger partial charge < -0.3 is 15.0 Å². The van der Waals surface area contributed by atoms with Gasteiger partial charge in [-0.25, -0.2) is 14.8 Å². The molecule has 0 spiro atoms. The molecule has 0 bridgehead atoms. The Hall–Kier alpha value is -1.69. The third kappa shape index (κ3) is 4.16. The average molecular weight is 278 g/mol. The molecule has 20 heavy (non-hydrogen) atoms. The molecule has 1 amide bonds. The fourth-order valence-corrected chi connectivity index (χ4v) is 2.18. The lowest BCUT2D eigenvalue weighted by atomic mass is 10.1. The number of piperazine rings is 1. The predicted molar refractivity (Wildman–Crippen MR) is 75.3 cm³/mol. The maximum atomic E-state index is 12.3. The summed E-state index contributed by atoms with van der Waals surface area (Å²) in [5.74, 6) is 0. The summed E-state index contributed by atoms with van der Waals surface area (Å²) in [6, 6.07) is 1.94. The van der Waals surface area contributed by atoms with Crippen molar-refractivity contribution in [3.63, 3.8) is 0 Å². The zero-order valence-corrected chi connectivity index (χ0v) is 12.3. The van der Waals surface area contributed by atoms with E-state index in [2.05, 4.69) is 15.3 Å². The summed E-state index contributed by atoms with van der Waals surface area (Å²) in [5.41, 5.74) is 0.462. The molecule has 1 aliphatic heterocycles. The Morgan fingerprint density at radius 3 is 3.00 bits per heavy atom. The molecule has 2 rings (SSSR count). The minimum Gasteiger partial charge on any atom is -0.444 e. The van der Waals surface area contributed by atoms with E-state index in [0.29, 0.717) is 13.0 Å². The number of nitrogens with one attached hydrogen (secondary N) is 1. The van der Waals surface area contributed by atoms with E-state index in [9.17, 15) is 4.79 Å².